The molecule has 0 spiro atoms. The Balaban J connectivity index is 1.70. The third-order valence-corrected chi connectivity index (χ3v) is 5.84. The first-order valence-electron chi connectivity index (χ1n) is 8.90. The number of fused-ring (bicyclic) bond motifs is 1. The van der Waals surface area contributed by atoms with Crippen LogP contribution < -0.4 is 0 Å². The van der Waals surface area contributed by atoms with Crippen LogP contribution in [0.2, 0.25) is 0 Å². The second-order valence-electron chi connectivity index (χ2n) is 7.18. The van der Waals surface area contributed by atoms with Gasteiger partial charge < -0.3 is 0 Å². The minimum atomic E-state index is 0.665. The summed E-state index contributed by atoms with van der Waals surface area (Å²) in [6.07, 6.45) is 16.2. The predicted molar refractivity (Wildman–Crippen MR) is 85.9 cm³/mol. The lowest BCUT2D eigenvalue weighted by atomic mass is 9.84. The van der Waals surface area contributed by atoms with Crippen molar-refractivity contribution in [2.24, 2.45) is 0 Å². The van der Waals surface area contributed by atoms with Crippen LogP contribution in [-0.4, -0.2) is 14.6 Å². The summed E-state index contributed by atoms with van der Waals surface area (Å²) >= 11 is 0. The molecule has 0 aromatic carbocycles. The summed E-state index contributed by atoms with van der Waals surface area (Å²) in [5.74, 6) is 2.74. The Kier molecular flexibility index (Phi) is 3.52. The van der Waals surface area contributed by atoms with Crippen molar-refractivity contribution in [2.45, 2.75) is 83.0 Å². The molecule has 2 saturated carbocycles. The Morgan fingerprint density at radius 2 is 1.57 bits per heavy atom. The Labute approximate surface area is 127 Å². The van der Waals surface area contributed by atoms with Gasteiger partial charge in [-0.3, -0.25) is 9.50 Å². The number of aromatic amines is 1. The van der Waals surface area contributed by atoms with Crippen LogP contribution in [0.25, 0.3) is 5.65 Å². The van der Waals surface area contributed by atoms with Gasteiger partial charge in [0, 0.05) is 12.1 Å². The van der Waals surface area contributed by atoms with Crippen molar-refractivity contribution in [1.29, 1.82) is 0 Å². The number of nitrogens with zero attached hydrogens (tertiary/aromatic N) is 2. The smallest absolute Gasteiger partial charge is 0.138 e. The van der Waals surface area contributed by atoms with Crippen molar-refractivity contribution >= 4 is 5.65 Å². The molecule has 2 aliphatic carbocycles. The van der Waals surface area contributed by atoms with Gasteiger partial charge in [0.2, 0.25) is 0 Å². The molecule has 3 heteroatoms. The number of aromatic nitrogens is 3. The average Bonchev–Trinajstić information content (AvgIpc) is 3.10. The minimum absolute atomic E-state index is 0.665. The van der Waals surface area contributed by atoms with Crippen molar-refractivity contribution in [3.05, 3.63) is 23.1 Å². The van der Waals surface area contributed by atoms with E-state index in [2.05, 4.69) is 27.7 Å². The minimum Gasteiger partial charge on any atom is -0.288 e. The van der Waals surface area contributed by atoms with Crippen LogP contribution in [0.3, 0.4) is 0 Å². The number of aryl methyl sites for hydroxylation is 1. The highest BCUT2D eigenvalue weighted by atomic mass is 15.3. The fourth-order valence-electron chi connectivity index (χ4n) is 4.57. The number of rotatable bonds is 2. The SMILES string of the molecule is Cc1c(C2CCCCC2)cn2c(C3CCCCC3)n[nH]c12. The first kappa shape index (κ1) is 13.4. The average molecular weight is 285 g/mol. The fraction of sp³-hybridized carbons (Fsp3) is 0.722. The van der Waals surface area contributed by atoms with Crippen LogP contribution in [0.5, 0.6) is 0 Å². The molecule has 0 unspecified atom stereocenters. The first-order valence-corrected chi connectivity index (χ1v) is 8.90. The lowest BCUT2D eigenvalue weighted by Crippen LogP contribution is -2.08. The Hall–Kier alpha value is -1.25. The van der Waals surface area contributed by atoms with Gasteiger partial charge in [-0.05, 0) is 49.7 Å². The summed E-state index contributed by atoms with van der Waals surface area (Å²) in [7, 11) is 0. The van der Waals surface area contributed by atoms with Gasteiger partial charge in [0.05, 0.1) is 0 Å². The van der Waals surface area contributed by atoms with Gasteiger partial charge in [-0.2, -0.15) is 5.10 Å². The number of hydrogen-bond acceptors (Lipinski definition) is 1. The second-order valence-corrected chi connectivity index (χ2v) is 7.18. The van der Waals surface area contributed by atoms with Gasteiger partial charge in [0.1, 0.15) is 11.5 Å². The molecule has 1 N–H and O–H groups in total. The fourth-order valence-corrected chi connectivity index (χ4v) is 4.57. The van der Waals surface area contributed by atoms with Crippen molar-refractivity contribution < 1.29 is 0 Å². The number of nitrogens with one attached hydrogen (secondary N) is 1. The molecular formula is C18H27N3. The Bertz CT molecular complexity index is 610. The standard InChI is InChI=1S/C18H27N3/c1-13-16(14-8-4-2-5-9-14)12-21-17(13)19-20-18(21)15-10-6-3-7-11-15/h12,14-15,19H,2-11H2,1H3. The van der Waals surface area contributed by atoms with Crippen LogP contribution in [-0.2, 0) is 0 Å². The van der Waals surface area contributed by atoms with Crippen LogP contribution in [0, 0.1) is 6.92 Å². The summed E-state index contributed by atoms with van der Waals surface area (Å²) in [6.45, 7) is 2.28. The Morgan fingerprint density at radius 3 is 2.24 bits per heavy atom. The number of H-pyrrole nitrogens is 1. The highest BCUT2D eigenvalue weighted by Gasteiger charge is 2.25. The molecule has 2 aromatic heterocycles. The normalized spacial score (nSPS) is 22.1. The zero-order valence-electron chi connectivity index (χ0n) is 13.2. The molecule has 0 radical (unpaired) electrons. The molecule has 2 heterocycles. The lowest BCUT2D eigenvalue weighted by Gasteiger charge is -2.21. The molecule has 0 saturated heterocycles. The van der Waals surface area contributed by atoms with Gasteiger partial charge in [0.25, 0.3) is 0 Å². The van der Waals surface area contributed by atoms with Crippen molar-refractivity contribution in [3.63, 3.8) is 0 Å². The van der Waals surface area contributed by atoms with Gasteiger partial charge in [0.15, 0.2) is 0 Å². The van der Waals surface area contributed by atoms with E-state index >= 15 is 0 Å². The summed E-state index contributed by atoms with van der Waals surface area (Å²) in [5.41, 5.74) is 4.27. The highest BCUT2D eigenvalue weighted by Crippen LogP contribution is 2.38. The molecule has 2 aromatic rings. The van der Waals surface area contributed by atoms with Crippen molar-refractivity contribution in [3.8, 4) is 0 Å². The van der Waals surface area contributed by atoms with Gasteiger partial charge in [-0.25, -0.2) is 0 Å². The van der Waals surface area contributed by atoms with Gasteiger partial charge in [-0.15, -0.1) is 0 Å². The molecule has 0 aliphatic heterocycles. The molecule has 3 nitrogen and oxygen atoms in total. The van der Waals surface area contributed by atoms with Gasteiger partial charge in [-0.1, -0.05) is 38.5 Å². The lowest BCUT2D eigenvalue weighted by molar-refractivity contribution is 0.425. The molecule has 21 heavy (non-hydrogen) atoms. The van der Waals surface area contributed by atoms with E-state index in [1.54, 1.807) is 5.56 Å². The third-order valence-electron chi connectivity index (χ3n) is 5.84. The first-order chi connectivity index (χ1) is 10.3. The molecule has 2 aliphatic rings. The second kappa shape index (κ2) is 5.51. The molecule has 4 rings (SSSR count). The van der Waals surface area contributed by atoms with Crippen LogP contribution in [0.1, 0.15) is 93.0 Å². The zero-order valence-corrected chi connectivity index (χ0v) is 13.2. The van der Waals surface area contributed by atoms with E-state index in [0.29, 0.717) is 5.92 Å². The predicted octanol–water partition coefficient (Wildman–Crippen LogP) is 5.07. The van der Waals surface area contributed by atoms with Gasteiger partial charge >= 0.3 is 0 Å². The summed E-state index contributed by atoms with van der Waals surface area (Å²) in [4.78, 5) is 0. The summed E-state index contributed by atoms with van der Waals surface area (Å²) in [5, 5.41) is 7.99. The maximum Gasteiger partial charge on any atom is 0.138 e. The van der Waals surface area contributed by atoms with Crippen LogP contribution in [0.15, 0.2) is 6.20 Å². The van der Waals surface area contributed by atoms with E-state index in [0.717, 1.165) is 5.92 Å². The van der Waals surface area contributed by atoms with E-state index in [-0.39, 0.29) is 0 Å². The highest BCUT2D eigenvalue weighted by molar-refractivity contribution is 5.54. The van der Waals surface area contributed by atoms with Crippen LogP contribution >= 0.6 is 0 Å². The maximum atomic E-state index is 4.66. The summed E-state index contributed by atoms with van der Waals surface area (Å²) < 4.78 is 2.38. The Morgan fingerprint density at radius 1 is 0.952 bits per heavy atom. The summed E-state index contributed by atoms with van der Waals surface area (Å²) in [6, 6.07) is 0. The monoisotopic (exact) mass is 285 g/mol. The van der Waals surface area contributed by atoms with E-state index in [9.17, 15) is 0 Å². The molecule has 0 atom stereocenters. The third kappa shape index (κ3) is 2.31. The van der Waals surface area contributed by atoms with Crippen molar-refractivity contribution in [2.75, 3.05) is 0 Å². The molecular weight excluding hydrogens is 258 g/mol. The molecule has 0 bridgehead atoms. The number of hydrogen-bond donors (Lipinski definition) is 1. The topological polar surface area (TPSA) is 33.1 Å². The van der Waals surface area contributed by atoms with E-state index in [4.69, 9.17) is 0 Å². The van der Waals surface area contributed by atoms with E-state index < -0.39 is 0 Å². The molecule has 2 fully saturated rings. The van der Waals surface area contributed by atoms with Crippen LogP contribution in [0.4, 0.5) is 0 Å². The van der Waals surface area contributed by atoms with E-state index in [1.807, 2.05) is 0 Å². The zero-order chi connectivity index (χ0) is 14.2. The molecule has 0 amide bonds. The van der Waals surface area contributed by atoms with E-state index in [1.165, 1.54) is 81.2 Å². The molecule has 114 valence electrons. The maximum absolute atomic E-state index is 4.66. The largest absolute Gasteiger partial charge is 0.288 e. The van der Waals surface area contributed by atoms with Crippen molar-refractivity contribution in [1.82, 2.24) is 14.6 Å². The quantitative estimate of drug-likeness (QED) is 0.821.